The molecule has 1 aliphatic heterocycles. The largest absolute Gasteiger partial charge is 0.497 e. The van der Waals surface area contributed by atoms with Crippen LogP contribution in [-0.4, -0.2) is 28.6 Å². The van der Waals surface area contributed by atoms with E-state index in [0.29, 0.717) is 6.42 Å². The zero-order valence-electron chi connectivity index (χ0n) is 12.1. The molecule has 0 bridgehead atoms. The highest BCUT2D eigenvalue weighted by Crippen LogP contribution is 2.14. The number of imidazole rings is 1. The molecular weight excluding hydrogens is 266 g/mol. The molecule has 2 heterocycles. The molecule has 1 atom stereocenters. The van der Waals surface area contributed by atoms with Gasteiger partial charge in [-0.25, -0.2) is 4.98 Å². The van der Waals surface area contributed by atoms with E-state index in [2.05, 4.69) is 14.9 Å². The van der Waals surface area contributed by atoms with Crippen LogP contribution < -0.4 is 10.1 Å². The van der Waals surface area contributed by atoms with Crippen LogP contribution in [0, 0.1) is 0 Å². The number of aryl methyl sites for hydroxylation is 1. The van der Waals surface area contributed by atoms with Crippen molar-refractivity contribution in [1.82, 2.24) is 14.9 Å². The van der Waals surface area contributed by atoms with Gasteiger partial charge in [-0.1, -0.05) is 12.1 Å². The molecule has 1 aromatic heterocycles. The lowest BCUT2D eigenvalue weighted by Crippen LogP contribution is -2.40. The Morgan fingerprint density at radius 1 is 1.43 bits per heavy atom. The molecule has 0 radical (unpaired) electrons. The van der Waals surface area contributed by atoms with Gasteiger partial charge in [0.15, 0.2) is 0 Å². The first-order valence-electron chi connectivity index (χ1n) is 7.17. The topological polar surface area (TPSA) is 56.1 Å². The molecule has 1 unspecified atom stereocenters. The van der Waals surface area contributed by atoms with Gasteiger partial charge in [-0.05, 0) is 24.1 Å². The quantitative estimate of drug-likeness (QED) is 0.927. The Kier molecular flexibility index (Phi) is 3.90. The van der Waals surface area contributed by atoms with Crippen molar-refractivity contribution in [2.24, 2.45) is 0 Å². The Balaban J connectivity index is 1.54. The molecule has 1 N–H and O–H groups in total. The van der Waals surface area contributed by atoms with Gasteiger partial charge in [0.25, 0.3) is 0 Å². The summed E-state index contributed by atoms with van der Waals surface area (Å²) in [6.45, 7) is 0.919. The number of amides is 1. The molecule has 0 spiro atoms. The van der Waals surface area contributed by atoms with Gasteiger partial charge in [0.1, 0.15) is 11.6 Å². The molecule has 0 aliphatic carbocycles. The molecule has 5 heteroatoms. The molecule has 110 valence electrons. The van der Waals surface area contributed by atoms with E-state index in [4.69, 9.17) is 4.74 Å². The highest BCUT2D eigenvalue weighted by atomic mass is 16.5. The van der Waals surface area contributed by atoms with Crippen LogP contribution in [0.1, 0.15) is 17.8 Å². The molecule has 0 fully saturated rings. The molecule has 0 saturated carbocycles. The lowest BCUT2D eigenvalue weighted by molar-refractivity contribution is -0.121. The number of hydrogen-bond donors (Lipinski definition) is 1. The predicted octanol–water partition coefficient (Wildman–Crippen LogP) is 1.57. The molecule has 1 amide bonds. The number of rotatable bonds is 4. The number of aromatic nitrogens is 2. The smallest absolute Gasteiger partial charge is 0.224 e. The number of hydrogen-bond acceptors (Lipinski definition) is 3. The maximum atomic E-state index is 12.1. The molecule has 3 rings (SSSR count). The third kappa shape index (κ3) is 3.24. The van der Waals surface area contributed by atoms with Crippen molar-refractivity contribution in [2.45, 2.75) is 31.8 Å². The summed E-state index contributed by atoms with van der Waals surface area (Å²) in [7, 11) is 1.63. The van der Waals surface area contributed by atoms with Gasteiger partial charge >= 0.3 is 0 Å². The normalized spacial score (nSPS) is 17.1. The van der Waals surface area contributed by atoms with Gasteiger partial charge < -0.3 is 14.6 Å². The van der Waals surface area contributed by atoms with Crippen molar-refractivity contribution in [3.63, 3.8) is 0 Å². The first-order chi connectivity index (χ1) is 10.2. The van der Waals surface area contributed by atoms with Gasteiger partial charge in [0.2, 0.25) is 5.91 Å². The van der Waals surface area contributed by atoms with Gasteiger partial charge in [-0.15, -0.1) is 0 Å². The second kappa shape index (κ2) is 5.99. The van der Waals surface area contributed by atoms with Gasteiger partial charge in [0, 0.05) is 31.4 Å². The Labute approximate surface area is 124 Å². The average molecular weight is 285 g/mol. The second-order valence-electron chi connectivity index (χ2n) is 5.32. The van der Waals surface area contributed by atoms with Crippen LogP contribution in [0.5, 0.6) is 5.75 Å². The summed E-state index contributed by atoms with van der Waals surface area (Å²) in [6.07, 6.45) is 5.97. The van der Waals surface area contributed by atoms with E-state index in [1.54, 1.807) is 7.11 Å². The molecule has 1 aliphatic rings. The van der Waals surface area contributed by atoms with Crippen molar-refractivity contribution >= 4 is 5.91 Å². The van der Waals surface area contributed by atoms with Crippen LogP contribution in [0.4, 0.5) is 0 Å². The number of ether oxygens (including phenoxy) is 1. The van der Waals surface area contributed by atoms with Crippen LogP contribution >= 0.6 is 0 Å². The summed E-state index contributed by atoms with van der Waals surface area (Å²) in [5, 5.41) is 3.10. The van der Waals surface area contributed by atoms with E-state index in [9.17, 15) is 4.79 Å². The van der Waals surface area contributed by atoms with Crippen LogP contribution in [0.3, 0.4) is 0 Å². The lowest BCUT2D eigenvalue weighted by atomic mass is 10.1. The summed E-state index contributed by atoms with van der Waals surface area (Å²) in [6, 6.07) is 7.78. The minimum absolute atomic E-state index is 0.0603. The van der Waals surface area contributed by atoms with E-state index < -0.39 is 0 Å². The van der Waals surface area contributed by atoms with Crippen LogP contribution in [0.15, 0.2) is 36.7 Å². The monoisotopic (exact) mass is 285 g/mol. The number of nitrogens with one attached hydrogen (secondary N) is 1. The van der Waals surface area contributed by atoms with Crippen molar-refractivity contribution in [3.8, 4) is 5.75 Å². The lowest BCUT2D eigenvalue weighted by Gasteiger charge is -2.24. The van der Waals surface area contributed by atoms with Crippen molar-refractivity contribution in [2.75, 3.05) is 7.11 Å². The van der Waals surface area contributed by atoms with E-state index in [0.717, 1.165) is 36.5 Å². The van der Waals surface area contributed by atoms with Gasteiger partial charge in [-0.2, -0.15) is 0 Å². The van der Waals surface area contributed by atoms with Crippen molar-refractivity contribution in [3.05, 3.63) is 48.0 Å². The summed E-state index contributed by atoms with van der Waals surface area (Å²) < 4.78 is 7.26. The minimum Gasteiger partial charge on any atom is -0.497 e. The third-order valence-corrected chi connectivity index (χ3v) is 3.84. The summed E-state index contributed by atoms with van der Waals surface area (Å²) in [5.41, 5.74) is 0.991. The second-order valence-corrected chi connectivity index (χ2v) is 5.32. The molecular formula is C16H19N3O2. The van der Waals surface area contributed by atoms with E-state index in [-0.39, 0.29) is 11.9 Å². The minimum atomic E-state index is 0.0603. The van der Waals surface area contributed by atoms with Crippen LogP contribution in [0.2, 0.25) is 0 Å². The summed E-state index contributed by atoms with van der Waals surface area (Å²) in [4.78, 5) is 16.4. The van der Waals surface area contributed by atoms with Gasteiger partial charge in [-0.3, -0.25) is 4.79 Å². The SMILES string of the molecule is COc1ccc(CC(=O)NC2CCn3ccnc3C2)cc1. The number of fused-ring (bicyclic) bond motifs is 1. The van der Waals surface area contributed by atoms with E-state index in [1.165, 1.54) is 0 Å². The van der Waals surface area contributed by atoms with E-state index >= 15 is 0 Å². The molecule has 0 saturated heterocycles. The van der Waals surface area contributed by atoms with Crippen molar-refractivity contribution < 1.29 is 9.53 Å². The first-order valence-corrected chi connectivity index (χ1v) is 7.17. The fourth-order valence-corrected chi connectivity index (χ4v) is 2.68. The maximum Gasteiger partial charge on any atom is 0.224 e. The number of methoxy groups -OCH3 is 1. The van der Waals surface area contributed by atoms with E-state index in [1.807, 2.05) is 36.7 Å². The first kappa shape index (κ1) is 13.7. The van der Waals surface area contributed by atoms with Crippen LogP contribution in [0.25, 0.3) is 0 Å². The molecule has 21 heavy (non-hydrogen) atoms. The maximum absolute atomic E-state index is 12.1. The Morgan fingerprint density at radius 3 is 3.00 bits per heavy atom. The average Bonchev–Trinajstić information content (AvgIpc) is 2.95. The molecule has 5 nitrogen and oxygen atoms in total. The standard InChI is InChI=1S/C16H19N3O2/c1-21-14-4-2-12(3-5-14)10-16(20)18-13-6-8-19-9-7-17-15(19)11-13/h2-5,7,9,13H,6,8,10-11H2,1H3,(H,18,20). The van der Waals surface area contributed by atoms with Gasteiger partial charge in [0.05, 0.1) is 13.5 Å². The Morgan fingerprint density at radius 2 is 2.24 bits per heavy atom. The third-order valence-electron chi connectivity index (χ3n) is 3.84. The predicted molar refractivity (Wildman–Crippen MR) is 79.2 cm³/mol. The fourth-order valence-electron chi connectivity index (χ4n) is 2.68. The zero-order valence-corrected chi connectivity index (χ0v) is 12.1. The number of nitrogens with zero attached hydrogens (tertiary/aromatic N) is 2. The Bertz CT molecular complexity index is 619. The number of carbonyl (C=O) groups excluding carboxylic acids is 1. The fraction of sp³-hybridized carbons (Fsp3) is 0.375. The summed E-state index contributed by atoms with van der Waals surface area (Å²) in [5.74, 6) is 1.92. The Hall–Kier alpha value is -2.30. The number of benzene rings is 1. The molecule has 1 aromatic carbocycles. The number of carbonyl (C=O) groups is 1. The summed E-state index contributed by atoms with van der Waals surface area (Å²) >= 11 is 0. The highest BCUT2D eigenvalue weighted by Gasteiger charge is 2.20. The molecule has 2 aromatic rings. The zero-order chi connectivity index (χ0) is 14.7. The van der Waals surface area contributed by atoms with Crippen LogP contribution in [-0.2, 0) is 24.2 Å². The van der Waals surface area contributed by atoms with Crippen molar-refractivity contribution in [1.29, 1.82) is 0 Å². The highest BCUT2D eigenvalue weighted by molar-refractivity contribution is 5.78.